The third kappa shape index (κ3) is 3.57. The SMILES string of the molecule is Cc1ccc(S(=O)(=O)Nc2ccc(-c3cn4cc(C)ccc4n3)cc2)cc1. The van der Waals surface area contributed by atoms with Gasteiger partial charge in [0.05, 0.1) is 10.6 Å². The van der Waals surface area contributed by atoms with Gasteiger partial charge in [-0.3, -0.25) is 4.72 Å². The fourth-order valence-corrected chi connectivity index (χ4v) is 3.94. The summed E-state index contributed by atoms with van der Waals surface area (Å²) in [6, 6.07) is 18.0. The van der Waals surface area contributed by atoms with Gasteiger partial charge in [0, 0.05) is 23.6 Å². The Morgan fingerprint density at radius 2 is 1.48 bits per heavy atom. The molecule has 0 saturated carbocycles. The van der Waals surface area contributed by atoms with Crippen LogP contribution in [0.2, 0.25) is 0 Å². The van der Waals surface area contributed by atoms with Gasteiger partial charge in [-0.15, -0.1) is 0 Å². The number of anilines is 1. The van der Waals surface area contributed by atoms with E-state index in [2.05, 4.69) is 9.71 Å². The molecular weight excluding hydrogens is 358 g/mol. The van der Waals surface area contributed by atoms with Gasteiger partial charge in [-0.1, -0.05) is 35.9 Å². The normalized spacial score (nSPS) is 11.6. The highest BCUT2D eigenvalue weighted by molar-refractivity contribution is 7.92. The number of aromatic nitrogens is 2. The number of imidazole rings is 1. The zero-order valence-electron chi connectivity index (χ0n) is 15.0. The minimum atomic E-state index is -3.60. The summed E-state index contributed by atoms with van der Waals surface area (Å²) in [7, 11) is -3.60. The first kappa shape index (κ1) is 17.3. The van der Waals surface area contributed by atoms with Crippen LogP contribution in [0.25, 0.3) is 16.9 Å². The van der Waals surface area contributed by atoms with E-state index in [0.717, 1.165) is 28.0 Å². The molecule has 0 unspecified atom stereocenters. The molecule has 0 bridgehead atoms. The summed E-state index contributed by atoms with van der Waals surface area (Å²) in [5, 5.41) is 0. The average Bonchev–Trinajstić information content (AvgIpc) is 3.05. The van der Waals surface area contributed by atoms with Crippen molar-refractivity contribution in [1.82, 2.24) is 9.38 Å². The van der Waals surface area contributed by atoms with E-state index in [-0.39, 0.29) is 4.90 Å². The lowest BCUT2D eigenvalue weighted by Gasteiger charge is -2.08. The van der Waals surface area contributed by atoms with Gasteiger partial charge in [-0.25, -0.2) is 13.4 Å². The molecule has 0 aliphatic carbocycles. The summed E-state index contributed by atoms with van der Waals surface area (Å²) in [6.45, 7) is 3.96. The smallest absolute Gasteiger partial charge is 0.261 e. The summed E-state index contributed by atoms with van der Waals surface area (Å²) in [6.07, 6.45) is 3.99. The van der Waals surface area contributed by atoms with E-state index in [1.807, 2.05) is 54.9 Å². The van der Waals surface area contributed by atoms with Crippen molar-refractivity contribution in [2.24, 2.45) is 0 Å². The summed E-state index contributed by atoms with van der Waals surface area (Å²) in [5.74, 6) is 0. The average molecular weight is 377 g/mol. The Labute approximate surface area is 158 Å². The number of hydrogen-bond donors (Lipinski definition) is 1. The van der Waals surface area contributed by atoms with E-state index >= 15 is 0 Å². The number of pyridine rings is 1. The van der Waals surface area contributed by atoms with Crippen LogP contribution in [0.5, 0.6) is 0 Å². The molecule has 0 aliphatic rings. The van der Waals surface area contributed by atoms with Crippen molar-refractivity contribution in [3.8, 4) is 11.3 Å². The maximum absolute atomic E-state index is 12.5. The molecule has 2 aromatic carbocycles. The van der Waals surface area contributed by atoms with Crippen LogP contribution in [0.3, 0.4) is 0 Å². The Hall–Kier alpha value is -3.12. The number of hydrogen-bond acceptors (Lipinski definition) is 3. The molecular formula is C21H19N3O2S. The number of fused-ring (bicyclic) bond motifs is 1. The van der Waals surface area contributed by atoms with Crippen LogP contribution >= 0.6 is 0 Å². The van der Waals surface area contributed by atoms with Gasteiger partial charge < -0.3 is 4.40 Å². The summed E-state index contributed by atoms with van der Waals surface area (Å²) < 4.78 is 29.6. The Balaban J connectivity index is 1.58. The van der Waals surface area contributed by atoms with Gasteiger partial charge in [-0.05, 0) is 49.7 Å². The van der Waals surface area contributed by atoms with Crippen LogP contribution in [0, 0.1) is 13.8 Å². The first-order valence-electron chi connectivity index (χ1n) is 8.56. The molecule has 136 valence electrons. The second-order valence-corrected chi connectivity index (χ2v) is 8.28. The van der Waals surface area contributed by atoms with Crippen LogP contribution in [0.15, 0.2) is 78.0 Å². The highest BCUT2D eigenvalue weighted by Gasteiger charge is 2.14. The van der Waals surface area contributed by atoms with E-state index in [1.54, 1.807) is 36.4 Å². The van der Waals surface area contributed by atoms with Crippen LogP contribution in [-0.4, -0.2) is 17.8 Å². The third-order valence-corrected chi connectivity index (χ3v) is 5.76. The second kappa shape index (κ2) is 6.55. The summed E-state index contributed by atoms with van der Waals surface area (Å²) in [5.41, 5.74) is 5.33. The topological polar surface area (TPSA) is 63.5 Å². The van der Waals surface area contributed by atoms with E-state index in [9.17, 15) is 8.42 Å². The molecule has 0 fully saturated rings. The van der Waals surface area contributed by atoms with E-state index in [4.69, 9.17) is 0 Å². The van der Waals surface area contributed by atoms with Crippen LogP contribution < -0.4 is 4.72 Å². The molecule has 0 spiro atoms. The van der Waals surface area contributed by atoms with E-state index in [1.165, 1.54) is 0 Å². The Morgan fingerprint density at radius 1 is 0.815 bits per heavy atom. The van der Waals surface area contributed by atoms with Gasteiger partial charge in [0.25, 0.3) is 10.0 Å². The summed E-state index contributed by atoms with van der Waals surface area (Å²) in [4.78, 5) is 4.85. The molecule has 0 amide bonds. The zero-order valence-corrected chi connectivity index (χ0v) is 15.9. The maximum Gasteiger partial charge on any atom is 0.261 e. The van der Waals surface area contributed by atoms with Crippen LogP contribution in [0.4, 0.5) is 5.69 Å². The van der Waals surface area contributed by atoms with Gasteiger partial charge in [0.2, 0.25) is 0 Å². The van der Waals surface area contributed by atoms with E-state index < -0.39 is 10.0 Å². The Morgan fingerprint density at radius 3 is 2.19 bits per heavy atom. The molecule has 4 rings (SSSR count). The Bertz CT molecular complexity index is 1210. The summed E-state index contributed by atoms with van der Waals surface area (Å²) >= 11 is 0. The molecule has 0 saturated heterocycles. The van der Waals surface area contributed by atoms with Crippen molar-refractivity contribution in [1.29, 1.82) is 0 Å². The standard InChI is InChI=1S/C21H19N3O2S/c1-15-3-10-19(11-4-15)27(25,26)23-18-8-6-17(7-9-18)20-14-24-13-16(2)5-12-21(24)22-20/h3-14,23H,1-2H3. The number of rotatable bonds is 4. The number of aryl methyl sites for hydroxylation is 2. The molecule has 0 aliphatic heterocycles. The molecule has 27 heavy (non-hydrogen) atoms. The van der Waals surface area contributed by atoms with Crippen molar-refractivity contribution in [3.63, 3.8) is 0 Å². The van der Waals surface area contributed by atoms with Gasteiger partial charge in [0.15, 0.2) is 0 Å². The first-order valence-corrected chi connectivity index (χ1v) is 10.0. The quantitative estimate of drug-likeness (QED) is 0.573. The fourth-order valence-electron chi connectivity index (χ4n) is 2.88. The predicted octanol–water partition coefficient (Wildman–Crippen LogP) is 4.42. The van der Waals surface area contributed by atoms with Gasteiger partial charge in [-0.2, -0.15) is 0 Å². The molecule has 1 N–H and O–H groups in total. The second-order valence-electron chi connectivity index (χ2n) is 6.59. The lowest BCUT2D eigenvalue weighted by atomic mass is 10.1. The molecule has 6 heteroatoms. The minimum absolute atomic E-state index is 0.243. The lowest BCUT2D eigenvalue weighted by Crippen LogP contribution is -2.12. The molecule has 2 aromatic heterocycles. The number of sulfonamides is 1. The largest absolute Gasteiger partial charge is 0.306 e. The number of nitrogens with zero attached hydrogens (tertiary/aromatic N) is 2. The minimum Gasteiger partial charge on any atom is -0.306 e. The third-order valence-electron chi connectivity index (χ3n) is 4.36. The first-order chi connectivity index (χ1) is 12.9. The maximum atomic E-state index is 12.5. The molecule has 5 nitrogen and oxygen atoms in total. The monoisotopic (exact) mass is 377 g/mol. The number of benzene rings is 2. The van der Waals surface area contributed by atoms with E-state index in [0.29, 0.717) is 5.69 Å². The van der Waals surface area contributed by atoms with Crippen LogP contribution in [-0.2, 0) is 10.0 Å². The van der Waals surface area contributed by atoms with Crippen molar-refractivity contribution in [2.75, 3.05) is 4.72 Å². The van der Waals surface area contributed by atoms with Gasteiger partial charge in [0.1, 0.15) is 5.65 Å². The molecule has 0 atom stereocenters. The van der Waals surface area contributed by atoms with Crippen LogP contribution in [0.1, 0.15) is 11.1 Å². The van der Waals surface area contributed by atoms with Crippen molar-refractivity contribution in [3.05, 3.63) is 84.2 Å². The Kier molecular flexibility index (Phi) is 4.20. The zero-order chi connectivity index (χ0) is 19.0. The number of nitrogens with one attached hydrogen (secondary N) is 1. The predicted molar refractivity (Wildman–Crippen MR) is 107 cm³/mol. The van der Waals surface area contributed by atoms with Gasteiger partial charge >= 0.3 is 0 Å². The fraction of sp³-hybridized carbons (Fsp3) is 0.0952. The molecule has 4 aromatic rings. The highest BCUT2D eigenvalue weighted by atomic mass is 32.2. The van der Waals surface area contributed by atoms with Crippen molar-refractivity contribution < 1.29 is 8.42 Å². The molecule has 2 heterocycles. The lowest BCUT2D eigenvalue weighted by molar-refractivity contribution is 0.601. The molecule has 0 radical (unpaired) electrons. The van der Waals surface area contributed by atoms with Crippen molar-refractivity contribution in [2.45, 2.75) is 18.7 Å². The van der Waals surface area contributed by atoms with Crippen molar-refractivity contribution >= 4 is 21.4 Å². The highest BCUT2D eigenvalue weighted by Crippen LogP contribution is 2.23.